The first-order valence-corrected chi connectivity index (χ1v) is 4.45. The van der Waals surface area contributed by atoms with E-state index in [0.29, 0.717) is 0 Å². The van der Waals surface area contributed by atoms with Gasteiger partial charge in [-0.1, -0.05) is 0 Å². The van der Waals surface area contributed by atoms with Crippen molar-refractivity contribution in [2.45, 2.75) is 19.3 Å². The molecule has 0 aliphatic rings. The van der Waals surface area contributed by atoms with E-state index in [0.717, 1.165) is 12.1 Å². The van der Waals surface area contributed by atoms with Crippen molar-refractivity contribution in [3.8, 4) is 5.75 Å². The Morgan fingerprint density at radius 1 is 1.31 bits per heavy atom. The fourth-order valence-corrected chi connectivity index (χ4v) is 1.08. The maximum Gasteiger partial charge on any atom is 0.573 e. The van der Waals surface area contributed by atoms with Crippen molar-refractivity contribution in [1.82, 2.24) is 0 Å². The van der Waals surface area contributed by atoms with Gasteiger partial charge in [-0.05, 0) is 31.2 Å². The number of ether oxygens (including phenoxy) is 1. The fourth-order valence-electron chi connectivity index (χ4n) is 1.08. The summed E-state index contributed by atoms with van der Waals surface area (Å²) in [5.41, 5.74) is 5.60. The lowest BCUT2D eigenvalue weighted by molar-refractivity contribution is -0.274. The van der Waals surface area contributed by atoms with Crippen LogP contribution >= 0.6 is 0 Å². The molecule has 3 nitrogen and oxygen atoms in total. The van der Waals surface area contributed by atoms with E-state index in [4.69, 9.17) is 5.73 Å². The van der Waals surface area contributed by atoms with Gasteiger partial charge >= 0.3 is 6.36 Å². The summed E-state index contributed by atoms with van der Waals surface area (Å²) in [7, 11) is 0. The minimum absolute atomic E-state index is 0.254. The van der Waals surface area contributed by atoms with Crippen LogP contribution in [-0.2, 0) is 0 Å². The van der Waals surface area contributed by atoms with Gasteiger partial charge in [0.2, 0.25) is 0 Å². The second kappa shape index (κ2) is 4.52. The minimum Gasteiger partial charge on any atom is -0.406 e. The summed E-state index contributed by atoms with van der Waals surface area (Å²) in [5, 5.41) is 0. The number of carbonyl (C=O) groups is 1. The van der Waals surface area contributed by atoms with Crippen LogP contribution in [0, 0.1) is 0 Å². The van der Waals surface area contributed by atoms with Crippen LogP contribution in [0.5, 0.6) is 5.75 Å². The Bertz CT molecular complexity index is 371. The van der Waals surface area contributed by atoms with Crippen molar-refractivity contribution in [2.75, 3.05) is 0 Å². The highest BCUT2D eigenvalue weighted by Crippen LogP contribution is 2.22. The molecular weight excluding hydrogens is 223 g/mol. The van der Waals surface area contributed by atoms with Gasteiger partial charge in [0.25, 0.3) is 0 Å². The van der Waals surface area contributed by atoms with Crippen molar-refractivity contribution in [2.24, 2.45) is 5.73 Å². The molecule has 2 N–H and O–H groups in total. The number of ketones is 1. The van der Waals surface area contributed by atoms with Crippen molar-refractivity contribution >= 4 is 5.78 Å². The van der Waals surface area contributed by atoms with Gasteiger partial charge in [-0.25, -0.2) is 0 Å². The first-order valence-electron chi connectivity index (χ1n) is 4.45. The lowest BCUT2D eigenvalue weighted by Crippen LogP contribution is -2.26. The number of Topliss-reactive ketones (excluding diaryl/α,β-unsaturated/α-hetero) is 1. The Labute approximate surface area is 90.0 Å². The maximum absolute atomic E-state index is 11.8. The summed E-state index contributed by atoms with van der Waals surface area (Å²) in [4.78, 5) is 11.4. The molecule has 1 atom stereocenters. The van der Waals surface area contributed by atoms with E-state index in [1.807, 2.05) is 0 Å². The number of carbonyl (C=O) groups excluding carboxylic acids is 1. The summed E-state index contributed by atoms with van der Waals surface area (Å²) in [6, 6.07) is 3.94. The number of alkyl halides is 3. The number of nitrogens with two attached hydrogens (primary N) is 1. The molecule has 6 heteroatoms. The molecule has 0 bridgehead atoms. The van der Waals surface area contributed by atoms with Crippen molar-refractivity contribution < 1.29 is 22.7 Å². The molecule has 1 aromatic rings. The van der Waals surface area contributed by atoms with Crippen molar-refractivity contribution in [3.05, 3.63) is 29.8 Å². The molecule has 0 aromatic heterocycles. The molecule has 0 fully saturated rings. The molecule has 0 aliphatic heterocycles. The zero-order valence-electron chi connectivity index (χ0n) is 8.41. The van der Waals surface area contributed by atoms with E-state index in [2.05, 4.69) is 4.74 Å². The number of halogens is 3. The molecule has 0 aliphatic carbocycles. The van der Waals surface area contributed by atoms with Gasteiger partial charge in [0.05, 0.1) is 6.04 Å². The monoisotopic (exact) mass is 233 g/mol. The van der Waals surface area contributed by atoms with E-state index in [9.17, 15) is 18.0 Å². The summed E-state index contributed by atoms with van der Waals surface area (Å²) >= 11 is 0. The van der Waals surface area contributed by atoms with Crippen LogP contribution in [0.2, 0.25) is 0 Å². The van der Waals surface area contributed by atoms with Gasteiger partial charge in [0.15, 0.2) is 5.78 Å². The Balaban J connectivity index is 2.80. The van der Waals surface area contributed by atoms with Gasteiger partial charge in [-0.2, -0.15) is 0 Å². The van der Waals surface area contributed by atoms with Crippen molar-refractivity contribution in [3.63, 3.8) is 0 Å². The van der Waals surface area contributed by atoms with E-state index in [1.165, 1.54) is 19.1 Å². The number of hydrogen-bond acceptors (Lipinski definition) is 3. The van der Waals surface area contributed by atoms with Crippen LogP contribution in [0.25, 0.3) is 0 Å². The largest absolute Gasteiger partial charge is 0.573 e. The predicted molar refractivity (Wildman–Crippen MR) is 51.1 cm³/mol. The summed E-state index contributed by atoms with van der Waals surface area (Å²) in [5.74, 6) is -0.702. The third-order valence-corrected chi connectivity index (χ3v) is 1.79. The fraction of sp³-hybridized carbons (Fsp3) is 0.300. The molecule has 0 spiro atoms. The molecule has 1 rings (SSSR count). The average molecular weight is 233 g/mol. The second-order valence-electron chi connectivity index (χ2n) is 3.23. The van der Waals surface area contributed by atoms with Gasteiger partial charge in [0, 0.05) is 5.56 Å². The molecule has 0 saturated carbocycles. The minimum atomic E-state index is -4.73. The molecular formula is C10H10F3NO2. The topological polar surface area (TPSA) is 52.3 Å². The normalized spacial score (nSPS) is 13.3. The number of benzene rings is 1. The molecule has 0 heterocycles. The van der Waals surface area contributed by atoms with E-state index >= 15 is 0 Å². The van der Waals surface area contributed by atoms with E-state index in [1.54, 1.807) is 0 Å². The summed E-state index contributed by atoms with van der Waals surface area (Å²) in [6.45, 7) is 1.50. The molecule has 1 aromatic carbocycles. The predicted octanol–water partition coefficient (Wildman–Crippen LogP) is 2.12. The highest BCUT2D eigenvalue weighted by molar-refractivity contribution is 5.99. The summed E-state index contributed by atoms with van der Waals surface area (Å²) < 4.78 is 39.1. The molecule has 1 unspecified atom stereocenters. The number of hydrogen-bond donors (Lipinski definition) is 1. The number of rotatable bonds is 3. The lowest BCUT2D eigenvalue weighted by Gasteiger charge is -2.09. The van der Waals surface area contributed by atoms with Crippen LogP contribution in [0.3, 0.4) is 0 Å². The molecule has 0 radical (unpaired) electrons. The highest BCUT2D eigenvalue weighted by Gasteiger charge is 2.31. The van der Waals surface area contributed by atoms with Crippen LogP contribution in [0.1, 0.15) is 17.3 Å². The SMILES string of the molecule is CC(N)C(=O)c1ccc(OC(F)(F)F)cc1. The van der Waals surface area contributed by atoms with Crippen LogP contribution in [0.4, 0.5) is 13.2 Å². The zero-order chi connectivity index (χ0) is 12.3. The van der Waals surface area contributed by atoms with Crippen LogP contribution < -0.4 is 10.5 Å². The zero-order valence-corrected chi connectivity index (χ0v) is 8.41. The van der Waals surface area contributed by atoms with E-state index in [-0.39, 0.29) is 17.1 Å². The van der Waals surface area contributed by atoms with E-state index < -0.39 is 12.4 Å². The maximum atomic E-state index is 11.8. The second-order valence-corrected chi connectivity index (χ2v) is 3.23. The van der Waals surface area contributed by atoms with Gasteiger partial charge in [-0.15, -0.1) is 13.2 Å². The third kappa shape index (κ3) is 3.54. The Morgan fingerprint density at radius 2 is 1.81 bits per heavy atom. The van der Waals surface area contributed by atoms with Gasteiger partial charge < -0.3 is 10.5 Å². The summed E-state index contributed by atoms with van der Waals surface area (Å²) in [6.07, 6.45) is -4.73. The third-order valence-electron chi connectivity index (χ3n) is 1.79. The van der Waals surface area contributed by atoms with Gasteiger partial charge in [-0.3, -0.25) is 4.79 Å². The Hall–Kier alpha value is -1.56. The highest BCUT2D eigenvalue weighted by atomic mass is 19.4. The first-order chi connectivity index (χ1) is 7.29. The molecule has 88 valence electrons. The van der Waals surface area contributed by atoms with Crippen LogP contribution in [-0.4, -0.2) is 18.2 Å². The lowest BCUT2D eigenvalue weighted by atomic mass is 10.1. The molecule has 0 amide bonds. The first kappa shape index (κ1) is 12.5. The molecule has 16 heavy (non-hydrogen) atoms. The average Bonchev–Trinajstić information content (AvgIpc) is 2.15. The quantitative estimate of drug-likeness (QED) is 0.813. The van der Waals surface area contributed by atoms with Crippen molar-refractivity contribution in [1.29, 1.82) is 0 Å². The Morgan fingerprint density at radius 3 is 2.19 bits per heavy atom. The Kier molecular flexibility index (Phi) is 3.54. The smallest absolute Gasteiger partial charge is 0.406 e. The standard InChI is InChI=1S/C10H10F3NO2/c1-6(14)9(15)7-2-4-8(5-3-7)16-10(11,12)13/h2-6H,14H2,1H3. The van der Waals surface area contributed by atoms with Gasteiger partial charge in [0.1, 0.15) is 5.75 Å². The molecule has 0 saturated heterocycles. The van der Waals surface area contributed by atoms with Crippen LogP contribution in [0.15, 0.2) is 24.3 Å².